The molecule has 1 fully saturated rings. The second-order valence-electron chi connectivity index (χ2n) is 4.00. The van der Waals surface area contributed by atoms with Gasteiger partial charge in [0.2, 0.25) is 0 Å². The molecule has 0 spiro atoms. The molecule has 2 rings (SSSR count). The Morgan fingerprint density at radius 2 is 2.00 bits per heavy atom. The summed E-state index contributed by atoms with van der Waals surface area (Å²) < 4.78 is 5.44. The van der Waals surface area contributed by atoms with Crippen LogP contribution in [-0.2, 0) is 11.2 Å². The van der Waals surface area contributed by atoms with Crippen LogP contribution in [-0.4, -0.2) is 26.3 Å². The van der Waals surface area contributed by atoms with Crippen molar-refractivity contribution < 1.29 is 4.74 Å². The second-order valence-corrected chi connectivity index (χ2v) is 4.00. The lowest BCUT2D eigenvalue weighted by molar-refractivity contribution is 0.152. The maximum absolute atomic E-state index is 5.44. The summed E-state index contributed by atoms with van der Waals surface area (Å²) in [7, 11) is 0. The molecular weight excluding hydrogens is 198 g/mol. The zero-order valence-electron chi connectivity index (χ0n) is 9.48. The van der Waals surface area contributed by atoms with Crippen LogP contribution < -0.4 is 4.90 Å². The van der Waals surface area contributed by atoms with Crippen LogP contribution in [0.1, 0.15) is 12.0 Å². The van der Waals surface area contributed by atoms with Gasteiger partial charge in [-0.25, -0.2) is 0 Å². The van der Waals surface area contributed by atoms with Gasteiger partial charge >= 0.3 is 0 Å². The first-order valence-corrected chi connectivity index (χ1v) is 5.75. The number of anilines is 1. The van der Waals surface area contributed by atoms with Crippen molar-refractivity contribution >= 4 is 5.69 Å². The van der Waals surface area contributed by atoms with E-state index < -0.39 is 0 Å². The minimum absolute atomic E-state index is 0.712. The van der Waals surface area contributed by atoms with E-state index in [-0.39, 0.29) is 0 Å². The first kappa shape index (κ1) is 11.0. The molecule has 1 saturated heterocycles. The highest BCUT2D eigenvalue weighted by atomic mass is 16.5. The zero-order valence-corrected chi connectivity index (χ0v) is 9.48. The average molecular weight is 215 g/mol. The third-order valence-corrected chi connectivity index (χ3v) is 2.83. The summed E-state index contributed by atoms with van der Waals surface area (Å²) >= 11 is 0. The Morgan fingerprint density at radius 1 is 1.19 bits per heavy atom. The first-order chi connectivity index (χ1) is 7.90. The topological polar surface area (TPSA) is 12.5 Å². The maximum Gasteiger partial charge on any atom is 0.0641 e. The lowest BCUT2D eigenvalue weighted by Crippen LogP contribution is -2.25. The standard InChI is InChI=1S/C14H17NO/c1-2-4-13-5-7-14(8-6-13)15-9-3-11-16-12-10-15/h1,5-8H,3-4,9-12H2. The lowest BCUT2D eigenvalue weighted by atomic mass is 10.1. The molecule has 84 valence electrons. The van der Waals surface area contributed by atoms with E-state index in [2.05, 4.69) is 35.1 Å². The molecular formula is C14H17NO. The van der Waals surface area contributed by atoms with Crippen LogP contribution in [0.3, 0.4) is 0 Å². The van der Waals surface area contributed by atoms with Gasteiger partial charge in [0, 0.05) is 31.8 Å². The van der Waals surface area contributed by atoms with E-state index >= 15 is 0 Å². The minimum Gasteiger partial charge on any atom is -0.380 e. The first-order valence-electron chi connectivity index (χ1n) is 5.75. The van der Waals surface area contributed by atoms with Gasteiger partial charge in [0.05, 0.1) is 6.61 Å². The number of terminal acetylenes is 1. The molecule has 1 aromatic rings. The quantitative estimate of drug-likeness (QED) is 0.700. The monoisotopic (exact) mass is 215 g/mol. The summed E-state index contributed by atoms with van der Waals surface area (Å²) in [6.45, 7) is 3.76. The molecule has 0 atom stereocenters. The van der Waals surface area contributed by atoms with E-state index in [4.69, 9.17) is 11.2 Å². The molecule has 0 amide bonds. The number of hydrogen-bond donors (Lipinski definition) is 0. The number of ether oxygens (including phenoxy) is 1. The molecule has 2 heteroatoms. The Kier molecular flexibility index (Phi) is 3.85. The highest BCUT2D eigenvalue weighted by Gasteiger charge is 2.09. The van der Waals surface area contributed by atoms with Crippen LogP contribution in [0.25, 0.3) is 0 Å². The Morgan fingerprint density at radius 3 is 2.75 bits per heavy atom. The molecule has 1 aromatic carbocycles. The molecule has 0 aromatic heterocycles. The molecule has 1 heterocycles. The minimum atomic E-state index is 0.712. The van der Waals surface area contributed by atoms with Crippen LogP contribution in [0.4, 0.5) is 5.69 Å². The Hall–Kier alpha value is -1.46. The SMILES string of the molecule is C#CCc1ccc(N2CCCOCC2)cc1. The molecule has 1 aliphatic heterocycles. The summed E-state index contributed by atoms with van der Waals surface area (Å²) in [5.41, 5.74) is 2.48. The summed E-state index contributed by atoms with van der Waals surface area (Å²) in [6.07, 6.45) is 7.10. The number of benzene rings is 1. The van der Waals surface area contributed by atoms with Crippen LogP contribution in [0.5, 0.6) is 0 Å². The number of rotatable bonds is 2. The van der Waals surface area contributed by atoms with Crippen LogP contribution in [0, 0.1) is 12.3 Å². The number of nitrogens with zero attached hydrogens (tertiary/aromatic N) is 1. The molecule has 0 aliphatic carbocycles. The largest absolute Gasteiger partial charge is 0.380 e. The van der Waals surface area contributed by atoms with Gasteiger partial charge in [0.1, 0.15) is 0 Å². The van der Waals surface area contributed by atoms with Crippen molar-refractivity contribution in [3.05, 3.63) is 29.8 Å². The summed E-state index contributed by atoms with van der Waals surface area (Å²) in [6, 6.07) is 8.53. The predicted octanol–water partition coefficient (Wildman–Crippen LogP) is 2.09. The average Bonchev–Trinajstić information content (AvgIpc) is 2.59. The molecule has 0 bridgehead atoms. The van der Waals surface area contributed by atoms with Gasteiger partial charge in [-0.2, -0.15) is 0 Å². The van der Waals surface area contributed by atoms with Crippen LogP contribution in [0.15, 0.2) is 24.3 Å². The lowest BCUT2D eigenvalue weighted by Gasteiger charge is -2.21. The van der Waals surface area contributed by atoms with Crippen molar-refractivity contribution in [2.75, 3.05) is 31.2 Å². The molecule has 0 unspecified atom stereocenters. The second kappa shape index (κ2) is 5.58. The van der Waals surface area contributed by atoms with Crippen LogP contribution >= 0.6 is 0 Å². The Bertz CT molecular complexity index is 355. The van der Waals surface area contributed by atoms with Crippen molar-refractivity contribution in [3.8, 4) is 12.3 Å². The Labute approximate surface area is 97.2 Å². The third kappa shape index (κ3) is 2.77. The van der Waals surface area contributed by atoms with E-state index in [0.29, 0.717) is 6.42 Å². The fourth-order valence-corrected chi connectivity index (χ4v) is 1.95. The Balaban J connectivity index is 2.05. The summed E-state index contributed by atoms with van der Waals surface area (Å²) in [5.74, 6) is 2.66. The maximum atomic E-state index is 5.44. The summed E-state index contributed by atoms with van der Waals surface area (Å²) in [5, 5.41) is 0. The fraction of sp³-hybridized carbons (Fsp3) is 0.429. The van der Waals surface area contributed by atoms with Crippen molar-refractivity contribution in [1.82, 2.24) is 0 Å². The van der Waals surface area contributed by atoms with E-state index in [1.165, 1.54) is 11.3 Å². The van der Waals surface area contributed by atoms with E-state index in [1.807, 2.05) is 0 Å². The van der Waals surface area contributed by atoms with Crippen LogP contribution in [0.2, 0.25) is 0 Å². The molecule has 0 N–H and O–H groups in total. The van der Waals surface area contributed by atoms with Crippen molar-refractivity contribution in [2.45, 2.75) is 12.8 Å². The van der Waals surface area contributed by atoms with Gasteiger partial charge in [-0.15, -0.1) is 12.3 Å². The molecule has 16 heavy (non-hydrogen) atoms. The van der Waals surface area contributed by atoms with E-state index in [1.54, 1.807) is 0 Å². The third-order valence-electron chi connectivity index (χ3n) is 2.83. The normalized spacial score (nSPS) is 16.6. The van der Waals surface area contributed by atoms with Crippen molar-refractivity contribution in [2.24, 2.45) is 0 Å². The van der Waals surface area contributed by atoms with Gasteiger partial charge in [-0.3, -0.25) is 0 Å². The fourth-order valence-electron chi connectivity index (χ4n) is 1.95. The zero-order chi connectivity index (χ0) is 11.2. The van der Waals surface area contributed by atoms with Gasteiger partial charge in [-0.1, -0.05) is 12.1 Å². The molecule has 0 saturated carbocycles. The van der Waals surface area contributed by atoms with Crippen molar-refractivity contribution in [3.63, 3.8) is 0 Å². The number of hydrogen-bond acceptors (Lipinski definition) is 2. The predicted molar refractivity (Wildman–Crippen MR) is 66.6 cm³/mol. The molecule has 0 radical (unpaired) electrons. The highest BCUT2D eigenvalue weighted by molar-refractivity contribution is 5.48. The molecule has 2 nitrogen and oxygen atoms in total. The van der Waals surface area contributed by atoms with Gasteiger partial charge in [-0.05, 0) is 24.1 Å². The van der Waals surface area contributed by atoms with Gasteiger partial charge < -0.3 is 9.64 Å². The summed E-state index contributed by atoms with van der Waals surface area (Å²) in [4.78, 5) is 2.37. The van der Waals surface area contributed by atoms with Gasteiger partial charge in [0.15, 0.2) is 0 Å². The van der Waals surface area contributed by atoms with E-state index in [9.17, 15) is 0 Å². The highest BCUT2D eigenvalue weighted by Crippen LogP contribution is 2.17. The van der Waals surface area contributed by atoms with Gasteiger partial charge in [0.25, 0.3) is 0 Å². The molecule has 1 aliphatic rings. The van der Waals surface area contributed by atoms with Crippen molar-refractivity contribution in [1.29, 1.82) is 0 Å². The smallest absolute Gasteiger partial charge is 0.0641 e. The van der Waals surface area contributed by atoms with E-state index in [0.717, 1.165) is 32.7 Å².